The molecule has 0 radical (unpaired) electrons. The van der Waals surface area contributed by atoms with E-state index in [9.17, 15) is 0 Å². The predicted molar refractivity (Wildman–Crippen MR) is 78.9 cm³/mol. The Hall–Kier alpha value is -2.07. The lowest BCUT2D eigenvalue weighted by atomic mass is 10.1. The summed E-state index contributed by atoms with van der Waals surface area (Å²) in [5.74, 6) is 1.47. The number of rotatable bonds is 7. The molecule has 0 aliphatic heterocycles. The fourth-order valence-electron chi connectivity index (χ4n) is 1.86. The average molecular weight is 272 g/mol. The van der Waals surface area contributed by atoms with Gasteiger partial charge in [-0.25, -0.2) is 0 Å². The fraction of sp³-hybridized carbons (Fsp3) is 0.312. The Morgan fingerprint density at radius 3 is 2.45 bits per heavy atom. The maximum absolute atomic E-state index is 6.00. The summed E-state index contributed by atoms with van der Waals surface area (Å²) >= 11 is 0. The molecule has 0 fully saturated rings. The summed E-state index contributed by atoms with van der Waals surface area (Å²) in [6.45, 7) is 3.14. The zero-order valence-electron chi connectivity index (χ0n) is 11.7. The highest BCUT2D eigenvalue weighted by Gasteiger charge is 2.14. The highest BCUT2D eigenvalue weighted by molar-refractivity contribution is 5.40. The van der Waals surface area contributed by atoms with Crippen LogP contribution in [0.25, 0.3) is 0 Å². The van der Waals surface area contributed by atoms with Crippen molar-refractivity contribution in [1.29, 1.82) is 0 Å². The molecule has 2 N–H and O–H groups in total. The van der Waals surface area contributed by atoms with Gasteiger partial charge < -0.3 is 15.2 Å². The molecule has 1 aromatic heterocycles. The maximum atomic E-state index is 6.00. The van der Waals surface area contributed by atoms with Crippen LogP contribution in [0.15, 0.2) is 48.8 Å². The first-order chi connectivity index (χ1) is 9.85. The molecule has 1 heterocycles. The highest BCUT2D eigenvalue weighted by Crippen LogP contribution is 2.30. The van der Waals surface area contributed by atoms with Crippen molar-refractivity contribution in [3.05, 3.63) is 54.4 Å². The molecule has 0 amide bonds. The molecule has 0 bridgehead atoms. The molecule has 0 aliphatic carbocycles. The van der Waals surface area contributed by atoms with Gasteiger partial charge in [0.1, 0.15) is 6.10 Å². The number of benzene rings is 1. The molecule has 0 saturated carbocycles. The van der Waals surface area contributed by atoms with Crippen molar-refractivity contribution in [3.63, 3.8) is 0 Å². The Kier molecular flexibility index (Phi) is 5.38. The van der Waals surface area contributed by atoms with Gasteiger partial charge in [-0.05, 0) is 36.2 Å². The van der Waals surface area contributed by atoms with Gasteiger partial charge in [-0.15, -0.1) is 0 Å². The van der Waals surface area contributed by atoms with Gasteiger partial charge in [0.25, 0.3) is 0 Å². The number of ether oxygens (including phenoxy) is 2. The Labute approximate surface area is 119 Å². The predicted octanol–water partition coefficient (Wildman–Crippen LogP) is 2.95. The van der Waals surface area contributed by atoms with E-state index in [-0.39, 0.29) is 6.10 Å². The van der Waals surface area contributed by atoms with Crippen LogP contribution in [0, 0.1) is 0 Å². The van der Waals surface area contributed by atoms with Crippen LogP contribution in [0.1, 0.15) is 25.0 Å². The number of nitrogens with zero attached hydrogens (tertiary/aromatic N) is 1. The minimum Gasteiger partial charge on any atom is -0.490 e. The Morgan fingerprint density at radius 1 is 1.10 bits per heavy atom. The first kappa shape index (κ1) is 14.3. The van der Waals surface area contributed by atoms with Gasteiger partial charge in [0.05, 0.1) is 6.61 Å². The zero-order valence-corrected chi connectivity index (χ0v) is 11.7. The lowest BCUT2D eigenvalue weighted by Crippen LogP contribution is -2.18. The SMILES string of the molecule is CCCOc1ccccc1OC(CN)c1ccncc1. The average Bonchev–Trinajstić information content (AvgIpc) is 2.52. The van der Waals surface area contributed by atoms with Crippen molar-refractivity contribution in [1.82, 2.24) is 4.98 Å². The quantitative estimate of drug-likeness (QED) is 0.842. The molecule has 1 atom stereocenters. The third kappa shape index (κ3) is 3.71. The van der Waals surface area contributed by atoms with Gasteiger partial charge in [-0.2, -0.15) is 0 Å². The Bertz CT molecular complexity index is 517. The molecular formula is C16H20N2O2. The zero-order chi connectivity index (χ0) is 14.2. The van der Waals surface area contributed by atoms with Crippen molar-refractivity contribution < 1.29 is 9.47 Å². The van der Waals surface area contributed by atoms with Crippen LogP contribution in [0.3, 0.4) is 0 Å². The largest absolute Gasteiger partial charge is 0.490 e. The Morgan fingerprint density at radius 2 is 1.80 bits per heavy atom. The molecule has 0 saturated heterocycles. The van der Waals surface area contributed by atoms with Crippen molar-refractivity contribution in [2.45, 2.75) is 19.4 Å². The van der Waals surface area contributed by atoms with E-state index in [1.165, 1.54) is 0 Å². The maximum Gasteiger partial charge on any atom is 0.162 e. The van der Waals surface area contributed by atoms with Crippen molar-refractivity contribution >= 4 is 0 Å². The topological polar surface area (TPSA) is 57.4 Å². The summed E-state index contributed by atoms with van der Waals surface area (Å²) in [4.78, 5) is 4.01. The van der Waals surface area contributed by atoms with E-state index in [2.05, 4.69) is 11.9 Å². The molecule has 20 heavy (non-hydrogen) atoms. The normalized spacial score (nSPS) is 11.9. The fourth-order valence-corrected chi connectivity index (χ4v) is 1.86. The van der Waals surface area contributed by atoms with Crippen LogP contribution in [0.5, 0.6) is 11.5 Å². The number of nitrogens with two attached hydrogens (primary N) is 1. The van der Waals surface area contributed by atoms with Gasteiger partial charge in [-0.3, -0.25) is 4.98 Å². The summed E-state index contributed by atoms with van der Waals surface area (Å²) in [7, 11) is 0. The molecule has 2 rings (SSSR count). The summed E-state index contributed by atoms with van der Waals surface area (Å²) in [5.41, 5.74) is 6.82. The minimum atomic E-state index is -0.204. The second-order valence-corrected chi connectivity index (χ2v) is 4.42. The van der Waals surface area contributed by atoms with E-state index in [4.69, 9.17) is 15.2 Å². The third-order valence-electron chi connectivity index (χ3n) is 2.87. The number of hydrogen-bond donors (Lipinski definition) is 1. The van der Waals surface area contributed by atoms with Crippen molar-refractivity contribution in [2.24, 2.45) is 5.73 Å². The highest BCUT2D eigenvalue weighted by atomic mass is 16.5. The molecule has 0 spiro atoms. The van der Waals surface area contributed by atoms with Crippen LogP contribution in [-0.4, -0.2) is 18.1 Å². The molecule has 4 nitrogen and oxygen atoms in total. The summed E-state index contributed by atoms with van der Waals surface area (Å²) in [5, 5.41) is 0. The summed E-state index contributed by atoms with van der Waals surface area (Å²) in [6.07, 6.45) is 4.23. The molecule has 4 heteroatoms. The lowest BCUT2D eigenvalue weighted by molar-refractivity contribution is 0.198. The second kappa shape index (κ2) is 7.50. The number of hydrogen-bond acceptors (Lipinski definition) is 4. The first-order valence-corrected chi connectivity index (χ1v) is 6.83. The Balaban J connectivity index is 2.15. The number of para-hydroxylation sites is 2. The van der Waals surface area contributed by atoms with E-state index in [1.807, 2.05) is 36.4 Å². The first-order valence-electron chi connectivity index (χ1n) is 6.83. The van der Waals surface area contributed by atoms with Crippen LogP contribution in [0.2, 0.25) is 0 Å². The van der Waals surface area contributed by atoms with Crippen LogP contribution in [-0.2, 0) is 0 Å². The van der Waals surface area contributed by atoms with Gasteiger partial charge in [0.15, 0.2) is 11.5 Å². The van der Waals surface area contributed by atoms with Gasteiger partial charge in [-0.1, -0.05) is 19.1 Å². The molecule has 106 valence electrons. The monoisotopic (exact) mass is 272 g/mol. The molecule has 1 aromatic carbocycles. The van der Waals surface area contributed by atoms with Gasteiger partial charge in [0.2, 0.25) is 0 Å². The van der Waals surface area contributed by atoms with E-state index in [1.54, 1.807) is 12.4 Å². The van der Waals surface area contributed by atoms with E-state index in [0.717, 1.165) is 17.7 Å². The second-order valence-electron chi connectivity index (χ2n) is 4.42. The van der Waals surface area contributed by atoms with Gasteiger partial charge >= 0.3 is 0 Å². The summed E-state index contributed by atoms with van der Waals surface area (Å²) in [6, 6.07) is 11.5. The minimum absolute atomic E-state index is 0.204. The molecular weight excluding hydrogens is 252 g/mol. The smallest absolute Gasteiger partial charge is 0.162 e. The van der Waals surface area contributed by atoms with Crippen molar-refractivity contribution in [3.8, 4) is 11.5 Å². The van der Waals surface area contributed by atoms with Crippen LogP contribution < -0.4 is 15.2 Å². The van der Waals surface area contributed by atoms with Crippen LogP contribution in [0.4, 0.5) is 0 Å². The van der Waals surface area contributed by atoms with E-state index in [0.29, 0.717) is 18.9 Å². The van der Waals surface area contributed by atoms with Crippen molar-refractivity contribution in [2.75, 3.05) is 13.2 Å². The molecule has 2 aromatic rings. The van der Waals surface area contributed by atoms with Gasteiger partial charge in [0, 0.05) is 18.9 Å². The molecule has 1 unspecified atom stereocenters. The number of aromatic nitrogens is 1. The standard InChI is InChI=1S/C16H20N2O2/c1-2-11-19-14-5-3-4-6-15(14)20-16(12-17)13-7-9-18-10-8-13/h3-10,16H,2,11-12,17H2,1H3. The van der Waals surface area contributed by atoms with Crippen LogP contribution >= 0.6 is 0 Å². The van der Waals surface area contributed by atoms with E-state index >= 15 is 0 Å². The van der Waals surface area contributed by atoms with E-state index < -0.39 is 0 Å². The third-order valence-corrected chi connectivity index (χ3v) is 2.87. The lowest BCUT2D eigenvalue weighted by Gasteiger charge is -2.19. The molecule has 0 aliphatic rings. The summed E-state index contributed by atoms with van der Waals surface area (Å²) < 4.78 is 11.7. The number of pyridine rings is 1.